The lowest BCUT2D eigenvalue weighted by molar-refractivity contribution is 0.107. The molecule has 3 heteroatoms. The number of β-amino-alcohol motifs (C(OH)–C–C–N with tert-alkyl or cyclic N) is 1. The van der Waals surface area contributed by atoms with Crippen molar-refractivity contribution in [2.75, 3.05) is 20.2 Å². The molecule has 2 rings (SSSR count). The fourth-order valence-corrected chi connectivity index (χ4v) is 2.03. The molecule has 15 heavy (non-hydrogen) atoms. The van der Waals surface area contributed by atoms with Gasteiger partial charge in [0.2, 0.25) is 0 Å². The molecule has 1 unspecified atom stereocenters. The van der Waals surface area contributed by atoms with E-state index in [0.29, 0.717) is 13.2 Å². The Hall–Kier alpha value is -1.06. The Kier molecular flexibility index (Phi) is 2.93. The lowest BCUT2D eigenvalue weighted by atomic mass is 9.97. The minimum Gasteiger partial charge on any atom is -0.494 e. The summed E-state index contributed by atoms with van der Waals surface area (Å²) < 4.78 is 5.42. The van der Waals surface area contributed by atoms with Crippen molar-refractivity contribution < 1.29 is 9.84 Å². The number of nitrogens with zero attached hydrogens (tertiary/aromatic N) is 1. The Morgan fingerprint density at radius 3 is 3.07 bits per heavy atom. The van der Waals surface area contributed by atoms with Crippen molar-refractivity contribution in [2.45, 2.75) is 19.6 Å². The van der Waals surface area contributed by atoms with E-state index in [1.54, 1.807) is 0 Å². The third-order valence-corrected chi connectivity index (χ3v) is 2.71. The molecule has 0 spiro atoms. The first kappa shape index (κ1) is 10.5. The number of aliphatic hydroxyl groups is 1. The molecule has 0 saturated heterocycles. The summed E-state index contributed by atoms with van der Waals surface area (Å²) >= 11 is 0. The second kappa shape index (κ2) is 4.21. The molecule has 1 aromatic rings. The summed E-state index contributed by atoms with van der Waals surface area (Å²) in [5.41, 5.74) is 2.21. The Balaban J connectivity index is 2.30. The average molecular weight is 207 g/mol. The van der Waals surface area contributed by atoms with Gasteiger partial charge >= 0.3 is 0 Å². The van der Waals surface area contributed by atoms with Gasteiger partial charge in [0.1, 0.15) is 5.75 Å². The molecule has 82 valence electrons. The molecule has 0 saturated carbocycles. The number of likely N-dealkylation sites (N-methyl/N-ethyl adjacent to an activating group) is 1. The van der Waals surface area contributed by atoms with Gasteiger partial charge in [-0.2, -0.15) is 0 Å². The van der Waals surface area contributed by atoms with E-state index in [4.69, 9.17) is 4.74 Å². The smallest absolute Gasteiger partial charge is 0.119 e. The van der Waals surface area contributed by atoms with Crippen molar-refractivity contribution in [1.29, 1.82) is 0 Å². The summed E-state index contributed by atoms with van der Waals surface area (Å²) in [6.07, 6.45) is -0.390. The number of aliphatic hydroxyl groups excluding tert-OH is 1. The van der Waals surface area contributed by atoms with Gasteiger partial charge in [-0.25, -0.2) is 0 Å². The highest BCUT2D eigenvalue weighted by Gasteiger charge is 2.21. The molecule has 0 fully saturated rings. The van der Waals surface area contributed by atoms with Gasteiger partial charge in [-0.3, -0.25) is 4.90 Å². The fourth-order valence-electron chi connectivity index (χ4n) is 2.03. The first-order valence-corrected chi connectivity index (χ1v) is 5.33. The SMILES string of the molecule is CCOc1ccc2c(c1)C(O)CN(C)C2. The van der Waals surface area contributed by atoms with Crippen LogP contribution in [0.1, 0.15) is 24.2 Å². The van der Waals surface area contributed by atoms with Crippen molar-refractivity contribution in [3.05, 3.63) is 29.3 Å². The molecular weight excluding hydrogens is 190 g/mol. The second-order valence-electron chi connectivity index (χ2n) is 4.01. The fraction of sp³-hybridized carbons (Fsp3) is 0.500. The molecule has 1 heterocycles. The second-order valence-corrected chi connectivity index (χ2v) is 4.01. The zero-order chi connectivity index (χ0) is 10.8. The zero-order valence-corrected chi connectivity index (χ0v) is 9.23. The highest BCUT2D eigenvalue weighted by molar-refractivity contribution is 5.38. The summed E-state index contributed by atoms with van der Waals surface area (Å²) in [6.45, 7) is 4.22. The molecule has 1 aliphatic rings. The third kappa shape index (κ3) is 2.13. The highest BCUT2D eigenvalue weighted by atomic mass is 16.5. The van der Waals surface area contributed by atoms with Gasteiger partial charge in [0.15, 0.2) is 0 Å². The molecule has 1 aliphatic heterocycles. The van der Waals surface area contributed by atoms with Gasteiger partial charge in [0, 0.05) is 13.1 Å². The van der Waals surface area contributed by atoms with Crippen LogP contribution in [0.4, 0.5) is 0 Å². The molecular formula is C12H17NO2. The van der Waals surface area contributed by atoms with E-state index in [2.05, 4.69) is 4.90 Å². The van der Waals surface area contributed by atoms with Crippen molar-refractivity contribution in [1.82, 2.24) is 4.90 Å². The first-order valence-electron chi connectivity index (χ1n) is 5.33. The monoisotopic (exact) mass is 207 g/mol. The van der Waals surface area contributed by atoms with E-state index in [1.165, 1.54) is 5.56 Å². The normalized spacial score (nSPS) is 21.1. The van der Waals surface area contributed by atoms with Crippen LogP contribution < -0.4 is 4.74 Å². The highest BCUT2D eigenvalue weighted by Crippen LogP contribution is 2.28. The van der Waals surface area contributed by atoms with Crippen LogP contribution >= 0.6 is 0 Å². The van der Waals surface area contributed by atoms with E-state index < -0.39 is 0 Å². The van der Waals surface area contributed by atoms with Crippen LogP contribution in [0.5, 0.6) is 5.75 Å². The quantitative estimate of drug-likeness (QED) is 0.799. The Bertz CT molecular complexity index is 351. The van der Waals surface area contributed by atoms with Crippen molar-refractivity contribution in [3.63, 3.8) is 0 Å². The minimum atomic E-state index is -0.390. The predicted octanol–water partition coefficient (Wildman–Crippen LogP) is 1.56. The summed E-state index contributed by atoms with van der Waals surface area (Å²) in [5.74, 6) is 0.847. The van der Waals surface area contributed by atoms with Gasteiger partial charge in [0.25, 0.3) is 0 Å². The Labute approximate surface area is 90.3 Å². The van der Waals surface area contributed by atoms with Crippen LogP contribution in [-0.4, -0.2) is 30.2 Å². The summed E-state index contributed by atoms with van der Waals surface area (Å²) in [5, 5.41) is 9.93. The van der Waals surface area contributed by atoms with Crippen LogP contribution in [0, 0.1) is 0 Å². The molecule has 0 amide bonds. The number of rotatable bonds is 2. The number of benzene rings is 1. The molecule has 0 aromatic heterocycles. The van der Waals surface area contributed by atoms with Crippen LogP contribution in [0.15, 0.2) is 18.2 Å². The summed E-state index contributed by atoms with van der Waals surface area (Å²) in [6, 6.07) is 5.96. The first-order chi connectivity index (χ1) is 7.20. The van der Waals surface area contributed by atoms with Gasteiger partial charge in [-0.05, 0) is 37.2 Å². The van der Waals surface area contributed by atoms with Gasteiger partial charge in [0.05, 0.1) is 12.7 Å². The molecule has 1 atom stereocenters. The van der Waals surface area contributed by atoms with Crippen molar-refractivity contribution in [2.24, 2.45) is 0 Å². The number of hydrogen-bond acceptors (Lipinski definition) is 3. The van der Waals surface area contributed by atoms with Gasteiger partial charge in [-0.15, -0.1) is 0 Å². The average Bonchev–Trinajstić information content (AvgIpc) is 2.19. The lowest BCUT2D eigenvalue weighted by Crippen LogP contribution is -2.30. The van der Waals surface area contributed by atoms with Crippen LogP contribution in [0.2, 0.25) is 0 Å². The molecule has 1 aromatic carbocycles. The van der Waals surface area contributed by atoms with Crippen molar-refractivity contribution in [3.8, 4) is 5.75 Å². The molecule has 0 bridgehead atoms. The Morgan fingerprint density at radius 2 is 2.33 bits per heavy atom. The van der Waals surface area contributed by atoms with Crippen LogP contribution in [-0.2, 0) is 6.54 Å². The van der Waals surface area contributed by atoms with E-state index in [9.17, 15) is 5.11 Å². The van der Waals surface area contributed by atoms with E-state index in [-0.39, 0.29) is 6.10 Å². The summed E-state index contributed by atoms with van der Waals surface area (Å²) in [4.78, 5) is 2.12. The number of hydrogen-bond donors (Lipinski definition) is 1. The Morgan fingerprint density at radius 1 is 1.53 bits per heavy atom. The lowest BCUT2D eigenvalue weighted by Gasteiger charge is -2.29. The van der Waals surface area contributed by atoms with Crippen LogP contribution in [0.25, 0.3) is 0 Å². The van der Waals surface area contributed by atoms with Crippen LogP contribution in [0.3, 0.4) is 0 Å². The summed E-state index contributed by atoms with van der Waals surface area (Å²) in [7, 11) is 2.02. The molecule has 3 nitrogen and oxygen atoms in total. The van der Waals surface area contributed by atoms with Gasteiger partial charge < -0.3 is 9.84 Å². The zero-order valence-electron chi connectivity index (χ0n) is 9.23. The third-order valence-electron chi connectivity index (χ3n) is 2.71. The molecule has 0 radical (unpaired) electrons. The number of ether oxygens (including phenoxy) is 1. The maximum atomic E-state index is 9.93. The standard InChI is InChI=1S/C12H17NO2/c1-3-15-10-5-4-9-7-13(2)8-12(14)11(9)6-10/h4-6,12,14H,3,7-8H2,1-2H3. The topological polar surface area (TPSA) is 32.7 Å². The maximum absolute atomic E-state index is 9.93. The number of fused-ring (bicyclic) bond motifs is 1. The van der Waals surface area contributed by atoms with Crippen molar-refractivity contribution >= 4 is 0 Å². The van der Waals surface area contributed by atoms with E-state index in [0.717, 1.165) is 17.9 Å². The predicted molar refractivity (Wildman–Crippen MR) is 58.9 cm³/mol. The largest absolute Gasteiger partial charge is 0.494 e. The van der Waals surface area contributed by atoms with Gasteiger partial charge in [-0.1, -0.05) is 6.07 Å². The molecule has 0 aliphatic carbocycles. The maximum Gasteiger partial charge on any atom is 0.119 e. The van der Waals surface area contributed by atoms with E-state index in [1.807, 2.05) is 32.2 Å². The molecule has 1 N–H and O–H groups in total. The minimum absolute atomic E-state index is 0.390. The van der Waals surface area contributed by atoms with E-state index >= 15 is 0 Å².